The maximum atomic E-state index is 11.9. The van der Waals surface area contributed by atoms with Crippen LogP contribution in [0.5, 0.6) is 0 Å². The van der Waals surface area contributed by atoms with E-state index in [-0.39, 0.29) is 38.0 Å². The summed E-state index contributed by atoms with van der Waals surface area (Å²) >= 11 is -0.0255. The van der Waals surface area contributed by atoms with Crippen molar-refractivity contribution in [2.45, 2.75) is 97.8 Å². The molecule has 0 aliphatic carbocycles. The normalized spacial score (nSPS) is 13.7. The predicted octanol–water partition coefficient (Wildman–Crippen LogP) is 6.46. The van der Waals surface area contributed by atoms with E-state index >= 15 is 0 Å². The van der Waals surface area contributed by atoms with Gasteiger partial charge in [0.1, 0.15) is 0 Å². The predicted molar refractivity (Wildman–Crippen MR) is 108 cm³/mol. The molecule has 5 nitrogen and oxygen atoms in total. The summed E-state index contributed by atoms with van der Waals surface area (Å²) in [6.07, 6.45) is 16.1. The van der Waals surface area contributed by atoms with Gasteiger partial charge in [0.05, 0.1) is 6.61 Å². The van der Waals surface area contributed by atoms with Crippen molar-refractivity contribution in [3.63, 3.8) is 0 Å². The summed E-state index contributed by atoms with van der Waals surface area (Å²) in [6.45, 7) is 7.40. The van der Waals surface area contributed by atoms with Gasteiger partial charge >= 0.3 is 54.8 Å². The van der Waals surface area contributed by atoms with Crippen molar-refractivity contribution in [2.75, 3.05) is 12.8 Å². The molecule has 0 rings (SSSR count). The molecule has 26 heavy (non-hydrogen) atoms. The summed E-state index contributed by atoms with van der Waals surface area (Å²) < 4.78 is 23.4. The Kier molecular flexibility index (Phi) is 24.6. The van der Waals surface area contributed by atoms with Crippen LogP contribution >= 0.6 is 10.5 Å². The second kappa shape index (κ2) is 21.4. The van der Waals surface area contributed by atoms with Gasteiger partial charge in [0.25, 0.3) is 0 Å². The van der Waals surface area contributed by atoms with Crippen LogP contribution in [0.4, 0.5) is 0 Å². The fourth-order valence-corrected chi connectivity index (χ4v) is 3.69. The van der Waals surface area contributed by atoms with E-state index in [0.717, 1.165) is 19.0 Å². The van der Waals surface area contributed by atoms with Gasteiger partial charge in [-0.1, -0.05) is 85.0 Å². The Morgan fingerprint density at radius 2 is 1.38 bits per heavy atom. The van der Waals surface area contributed by atoms with Crippen LogP contribution in [0.15, 0.2) is 0 Å². The molecule has 0 aromatic carbocycles. The molecule has 0 bridgehead atoms. The molecule has 0 aromatic heterocycles. The van der Waals surface area contributed by atoms with Gasteiger partial charge in [-0.05, 0) is 18.8 Å². The van der Waals surface area contributed by atoms with Crippen LogP contribution in [-0.2, 0) is 13.7 Å². The Labute approximate surface area is 187 Å². The Morgan fingerprint density at radius 3 is 1.85 bits per heavy atom. The van der Waals surface area contributed by atoms with Gasteiger partial charge in [0, 0.05) is 6.16 Å². The topological polar surface area (TPSA) is 83.8 Å². The van der Waals surface area contributed by atoms with Gasteiger partial charge in [0.2, 0.25) is 0 Å². The third-order valence-corrected chi connectivity index (χ3v) is 5.51. The Hall–Kier alpha value is 1.69. The number of unbranched alkanes of at least 4 members (excludes halogenated alkanes) is 8. The molecule has 0 saturated heterocycles. The summed E-state index contributed by atoms with van der Waals surface area (Å²) in [7, 11) is -1.77. The van der Waals surface area contributed by atoms with E-state index < -0.39 is 10.5 Å². The Morgan fingerprint density at radius 1 is 0.923 bits per heavy atom. The molecule has 157 valence electrons. The Bertz CT molecular complexity index is 355. The zero-order chi connectivity index (χ0) is 20.3. The molecular formula is C18H41NdO5P2. The molecule has 0 saturated carbocycles. The fourth-order valence-electron chi connectivity index (χ4n) is 2.58. The SMILES string of the molecule is CCCCCCCCCC[PH](=O)OCC(CC)CCCC.O=[P](O)(O)[Nd]. The van der Waals surface area contributed by atoms with E-state index in [1.807, 2.05) is 0 Å². The molecule has 2 atom stereocenters. The first-order valence-corrected chi connectivity index (χ1v) is 17.6. The molecular weight excluding hydrogens is 502 g/mol. The zero-order valence-corrected chi connectivity index (χ0v) is 22.1. The van der Waals surface area contributed by atoms with Gasteiger partial charge in [-0.3, -0.25) is 4.57 Å². The van der Waals surface area contributed by atoms with E-state index in [4.69, 9.17) is 14.3 Å². The van der Waals surface area contributed by atoms with Crippen molar-refractivity contribution in [1.29, 1.82) is 0 Å². The number of hydrogen-bond acceptors (Lipinski definition) is 3. The van der Waals surface area contributed by atoms with Crippen LogP contribution in [0.3, 0.4) is 0 Å². The third kappa shape index (κ3) is 30.4. The van der Waals surface area contributed by atoms with Gasteiger partial charge in [-0.2, -0.15) is 0 Å². The fraction of sp³-hybridized carbons (Fsp3) is 1.00. The van der Waals surface area contributed by atoms with Crippen LogP contribution < -0.4 is 0 Å². The van der Waals surface area contributed by atoms with Crippen molar-refractivity contribution in [1.82, 2.24) is 0 Å². The summed E-state index contributed by atoms with van der Waals surface area (Å²) in [5.74, 6) is 0.609. The molecule has 2 unspecified atom stereocenters. The minimum atomic E-state index is -3.50. The summed E-state index contributed by atoms with van der Waals surface area (Å²) in [4.78, 5) is 15.4. The number of rotatable bonds is 16. The zero-order valence-electron chi connectivity index (χ0n) is 17.0. The molecule has 0 spiro atoms. The monoisotopic (exact) mass is 541 g/mol. The van der Waals surface area contributed by atoms with E-state index in [0.29, 0.717) is 12.5 Å². The average molecular weight is 544 g/mol. The van der Waals surface area contributed by atoms with E-state index in [1.165, 1.54) is 64.2 Å². The average Bonchev–Trinajstić information content (AvgIpc) is 2.56. The summed E-state index contributed by atoms with van der Waals surface area (Å²) in [6, 6.07) is 0. The summed E-state index contributed by atoms with van der Waals surface area (Å²) in [5, 5.41) is 0. The van der Waals surface area contributed by atoms with Gasteiger partial charge in [-0.15, -0.1) is 0 Å². The van der Waals surface area contributed by atoms with Gasteiger partial charge in [0.15, 0.2) is 8.03 Å². The molecule has 0 aliphatic heterocycles. The van der Waals surface area contributed by atoms with E-state index in [1.54, 1.807) is 0 Å². The third-order valence-electron chi connectivity index (χ3n) is 4.26. The molecule has 0 heterocycles. The second-order valence-corrected chi connectivity index (χ2v) is 15.1. The van der Waals surface area contributed by atoms with E-state index in [2.05, 4.69) is 20.8 Å². The van der Waals surface area contributed by atoms with Crippen molar-refractivity contribution >= 4 is 10.5 Å². The first-order valence-electron chi connectivity index (χ1n) is 10.2. The van der Waals surface area contributed by atoms with Crippen molar-refractivity contribution in [2.24, 2.45) is 5.92 Å². The van der Waals surface area contributed by atoms with Crippen LogP contribution in [-0.4, -0.2) is 22.6 Å². The molecule has 0 amide bonds. The van der Waals surface area contributed by atoms with Crippen molar-refractivity contribution in [3.05, 3.63) is 0 Å². The molecule has 8 heteroatoms. The second-order valence-electron chi connectivity index (χ2n) is 6.87. The van der Waals surface area contributed by atoms with Crippen LogP contribution in [0.2, 0.25) is 0 Å². The van der Waals surface area contributed by atoms with Crippen molar-refractivity contribution < 1.29 is 61.4 Å². The van der Waals surface area contributed by atoms with Gasteiger partial charge in [-0.25, -0.2) is 0 Å². The molecule has 0 aromatic rings. The summed E-state index contributed by atoms with van der Waals surface area (Å²) in [5.41, 5.74) is 0. The van der Waals surface area contributed by atoms with Crippen LogP contribution in [0.25, 0.3) is 0 Å². The Balaban J connectivity index is 0. The number of hydrogen-bond donors (Lipinski definition) is 2. The molecule has 0 fully saturated rings. The van der Waals surface area contributed by atoms with E-state index in [9.17, 15) is 9.13 Å². The quantitative estimate of drug-likeness (QED) is 0.172. The molecule has 0 aliphatic rings. The van der Waals surface area contributed by atoms with Crippen molar-refractivity contribution in [3.8, 4) is 0 Å². The van der Waals surface area contributed by atoms with Crippen LogP contribution in [0, 0.1) is 43.9 Å². The standard InChI is InChI=1S/C18H39O2P.Nd.HO3P/c1-4-7-9-10-11-12-13-14-16-21(19)20-17-18(6-3)15-8-5-2;;1-4(2)3/h18,21H,4-17H2,1-3H3;;(H-,1,2,3)/q;-1;/p+1. The first kappa shape index (κ1) is 29.9. The molecule has 2 N–H and O–H groups in total. The van der Waals surface area contributed by atoms with Gasteiger partial charge < -0.3 is 4.52 Å². The molecule has 0 radical (unpaired) electrons. The van der Waals surface area contributed by atoms with Crippen LogP contribution in [0.1, 0.15) is 97.8 Å². The first-order chi connectivity index (χ1) is 12.2. The minimum absolute atomic E-state index is 0.0255. The maximum absolute atomic E-state index is 11.9.